The van der Waals surface area contributed by atoms with E-state index in [2.05, 4.69) is 0 Å². The highest BCUT2D eigenvalue weighted by molar-refractivity contribution is 5.48. The SMILES string of the molecule is COc1cc([N+](=O)[O-])ccc1[C@@H]1C[C@H]1N. The Morgan fingerprint density at radius 3 is 2.73 bits per heavy atom. The fourth-order valence-electron chi connectivity index (χ4n) is 1.69. The number of nitrogens with two attached hydrogens (primary N) is 1. The molecule has 0 spiro atoms. The minimum Gasteiger partial charge on any atom is -0.496 e. The van der Waals surface area contributed by atoms with Crippen molar-refractivity contribution in [3.63, 3.8) is 0 Å². The standard InChI is InChI=1S/C10H12N2O3/c1-15-10-4-6(12(13)14)2-3-7(10)8-5-9(8)11/h2-4,8-9H,5,11H2,1H3/t8-,9+/m0/s1. The van der Waals surface area contributed by atoms with Gasteiger partial charge in [0.25, 0.3) is 5.69 Å². The zero-order chi connectivity index (χ0) is 11.0. The molecule has 5 heteroatoms. The van der Waals surface area contributed by atoms with Crippen molar-refractivity contribution in [1.82, 2.24) is 0 Å². The number of hydrogen-bond acceptors (Lipinski definition) is 4. The molecule has 15 heavy (non-hydrogen) atoms. The third kappa shape index (κ3) is 1.78. The summed E-state index contributed by atoms with van der Waals surface area (Å²) < 4.78 is 5.13. The van der Waals surface area contributed by atoms with Crippen LogP contribution in [0, 0.1) is 10.1 Å². The van der Waals surface area contributed by atoms with Crippen LogP contribution in [0.5, 0.6) is 5.75 Å². The van der Waals surface area contributed by atoms with E-state index in [1.54, 1.807) is 6.07 Å². The molecule has 2 atom stereocenters. The molecule has 2 N–H and O–H groups in total. The number of hydrogen-bond donors (Lipinski definition) is 1. The van der Waals surface area contributed by atoms with Gasteiger partial charge >= 0.3 is 0 Å². The second-order valence-electron chi connectivity index (χ2n) is 3.69. The van der Waals surface area contributed by atoms with Gasteiger partial charge in [-0.2, -0.15) is 0 Å². The summed E-state index contributed by atoms with van der Waals surface area (Å²) in [6.07, 6.45) is 0.925. The highest BCUT2D eigenvalue weighted by Crippen LogP contribution is 2.44. The van der Waals surface area contributed by atoms with Crippen LogP contribution in [0.15, 0.2) is 18.2 Å². The van der Waals surface area contributed by atoms with E-state index < -0.39 is 4.92 Å². The van der Waals surface area contributed by atoms with Crippen LogP contribution in [0.1, 0.15) is 17.9 Å². The van der Waals surface area contributed by atoms with Crippen LogP contribution in [-0.2, 0) is 0 Å². The Balaban J connectivity index is 2.36. The first-order valence-corrected chi connectivity index (χ1v) is 4.71. The van der Waals surface area contributed by atoms with Gasteiger partial charge in [-0.3, -0.25) is 10.1 Å². The topological polar surface area (TPSA) is 78.4 Å². The summed E-state index contributed by atoms with van der Waals surface area (Å²) in [4.78, 5) is 10.1. The average molecular weight is 208 g/mol. The van der Waals surface area contributed by atoms with Crippen molar-refractivity contribution >= 4 is 5.69 Å². The van der Waals surface area contributed by atoms with Crippen molar-refractivity contribution < 1.29 is 9.66 Å². The molecule has 0 aromatic heterocycles. The molecule has 0 unspecified atom stereocenters. The maximum atomic E-state index is 10.6. The van der Waals surface area contributed by atoms with Crippen LogP contribution in [0.3, 0.4) is 0 Å². The summed E-state index contributed by atoms with van der Waals surface area (Å²) in [5, 5.41) is 10.6. The lowest BCUT2D eigenvalue weighted by atomic mass is 10.1. The van der Waals surface area contributed by atoms with Crippen molar-refractivity contribution in [3.8, 4) is 5.75 Å². The van der Waals surface area contributed by atoms with Crippen molar-refractivity contribution in [2.75, 3.05) is 7.11 Å². The third-order valence-corrected chi connectivity index (χ3v) is 2.67. The van der Waals surface area contributed by atoms with Gasteiger partial charge in [0.05, 0.1) is 18.1 Å². The molecule has 1 saturated carbocycles. The number of ether oxygens (including phenoxy) is 1. The first kappa shape index (κ1) is 9.92. The van der Waals surface area contributed by atoms with Gasteiger partial charge in [-0.15, -0.1) is 0 Å². The molecule has 0 amide bonds. The molecule has 0 saturated heterocycles. The first-order chi connectivity index (χ1) is 7.13. The van der Waals surface area contributed by atoms with Crippen LogP contribution in [0.25, 0.3) is 0 Å². The predicted octanol–water partition coefficient (Wildman–Crippen LogP) is 1.42. The van der Waals surface area contributed by atoms with E-state index in [4.69, 9.17) is 10.5 Å². The molecule has 1 aromatic carbocycles. The van der Waals surface area contributed by atoms with E-state index in [1.807, 2.05) is 0 Å². The van der Waals surface area contributed by atoms with Crippen LogP contribution < -0.4 is 10.5 Å². The van der Waals surface area contributed by atoms with Crippen molar-refractivity contribution in [3.05, 3.63) is 33.9 Å². The summed E-state index contributed by atoms with van der Waals surface area (Å²) >= 11 is 0. The van der Waals surface area contributed by atoms with Crippen molar-refractivity contribution in [2.45, 2.75) is 18.4 Å². The van der Waals surface area contributed by atoms with Crippen LogP contribution in [-0.4, -0.2) is 18.1 Å². The molecule has 1 fully saturated rings. The largest absolute Gasteiger partial charge is 0.496 e. The van der Waals surface area contributed by atoms with Crippen LogP contribution >= 0.6 is 0 Å². The molecule has 1 aromatic rings. The molecule has 1 aliphatic rings. The molecular weight excluding hydrogens is 196 g/mol. The summed E-state index contributed by atoms with van der Waals surface area (Å²) in [5.74, 6) is 0.850. The first-order valence-electron chi connectivity index (χ1n) is 4.71. The number of non-ortho nitro benzene ring substituents is 1. The highest BCUT2D eigenvalue weighted by Gasteiger charge is 2.37. The van der Waals surface area contributed by atoms with E-state index >= 15 is 0 Å². The predicted molar refractivity (Wildman–Crippen MR) is 55.0 cm³/mol. The summed E-state index contributed by atoms with van der Waals surface area (Å²) in [7, 11) is 1.51. The van der Waals surface area contributed by atoms with Crippen LogP contribution in [0.2, 0.25) is 0 Å². The zero-order valence-electron chi connectivity index (χ0n) is 8.34. The third-order valence-electron chi connectivity index (χ3n) is 2.67. The maximum Gasteiger partial charge on any atom is 0.273 e. The average Bonchev–Trinajstić information content (AvgIpc) is 2.94. The number of nitro benzene ring substituents is 1. The fraction of sp³-hybridized carbons (Fsp3) is 0.400. The number of nitro groups is 1. The van der Waals surface area contributed by atoms with E-state index in [9.17, 15) is 10.1 Å². The Bertz CT molecular complexity index is 406. The Hall–Kier alpha value is -1.62. The quantitative estimate of drug-likeness (QED) is 0.601. The van der Waals surface area contributed by atoms with Crippen molar-refractivity contribution in [1.29, 1.82) is 0 Å². The van der Waals surface area contributed by atoms with Gasteiger partial charge in [-0.1, -0.05) is 0 Å². The monoisotopic (exact) mass is 208 g/mol. The molecule has 1 aliphatic carbocycles. The van der Waals surface area contributed by atoms with Gasteiger partial charge < -0.3 is 10.5 Å². The molecular formula is C10H12N2O3. The minimum absolute atomic E-state index is 0.0461. The van der Waals surface area contributed by atoms with Gasteiger partial charge in [0.1, 0.15) is 5.75 Å². The lowest BCUT2D eigenvalue weighted by Gasteiger charge is -2.06. The van der Waals surface area contributed by atoms with E-state index in [0.717, 1.165) is 12.0 Å². The normalized spacial score (nSPS) is 23.6. The number of methoxy groups -OCH3 is 1. The van der Waals surface area contributed by atoms with Gasteiger partial charge in [0.2, 0.25) is 0 Å². The van der Waals surface area contributed by atoms with Gasteiger partial charge in [0, 0.05) is 18.0 Å². The highest BCUT2D eigenvalue weighted by atomic mass is 16.6. The van der Waals surface area contributed by atoms with E-state index in [-0.39, 0.29) is 11.7 Å². The molecule has 0 bridgehead atoms. The lowest BCUT2D eigenvalue weighted by molar-refractivity contribution is -0.384. The molecule has 0 aliphatic heterocycles. The van der Waals surface area contributed by atoms with Crippen molar-refractivity contribution in [2.24, 2.45) is 5.73 Å². The molecule has 0 radical (unpaired) electrons. The Morgan fingerprint density at radius 1 is 1.60 bits per heavy atom. The second-order valence-corrected chi connectivity index (χ2v) is 3.69. The van der Waals surface area contributed by atoms with Crippen LogP contribution in [0.4, 0.5) is 5.69 Å². The van der Waals surface area contributed by atoms with E-state index in [0.29, 0.717) is 11.7 Å². The Morgan fingerprint density at radius 2 is 2.27 bits per heavy atom. The Labute approximate surface area is 87.0 Å². The van der Waals surface area contributed by atoms with Gasteiger partial charge in [-0.05, 0) is 18.1 Å². The number of rotatable bonds is 3. The maximum absolute atomic E-state index is 10.6. The van der Waals surface area contributed by atoms with E-state index in [1.165, 1.54) is 19.2 Å². The fourth-order valence-corrected chi connectivity index (χ4v) is 1.69. The van der Waals surface area contributed by atoms with Gasteiger partial charge in [-0.25, -0.2) is 0 Å². The molecule has 0 heterocycles. The molecule has 80 valence electrons. The molecule has 2 rings (SSSR count). The lowest BCUT2D eigenvalue weighted by Crippen LogP contribution is -2.02. The van der Waals surface area contributed by atoms with Gasteiger partial charge in [0.15, 0.2) is 0 Å². The summed E-state index contributed by atoms with van der Waals surface area (Å²) in [6.45, 7) is 0. The summed E-state index contributed by atoms with van der Waals surface area (Å²) in [5.41, 5.74) is 6.74. The number of nitrogens with zero attached hydrogens (tertiary/aromatic N) is 1. The molecule has 5 nitrogen and oxygen atoms in total. The Kier molecular flexibility index (Phi) is 2.32. The number of benzene rings is 1. The second kappa shape index (κ2) is 3.51. The smallest absolute Gasteiger partial charge is 0.273 e. The zero-order valence-corrected chi connectivity index (χ0v) is 8.34. The minimum atomic E-state index is -0.431. The summed E-state index contributed by atoms with van der Waals surface area (Å²) in [6, 6.07) is 4.83.